The molecule has 108 valence electrons. The lowest BCUT2D eigenvalue weighted by atomic mass is 10.1. The number of urea groups is 1. The van der Waals surface area contributed by atoms with Crippen molar-refractivity contribution < 1.29 is 9.59 Å². The van der Waals surface area contributed by atoms with Crippen molar-refractivity contribution in [3.05, 3.63) is 65.7 Å². The summed E-state index contributed by atoms with van der Waals surface area (Å²) in [6.45, 7) is 1.80. The van der Waals surface area contributed by atoms with Gasteiger partial charge >= 0.3 is 6.03 Å². The van der Waals surface area contributed by atoms with Gasteiger partial charge in [-0.05, 0) is 30.7 Å². The van der Waals surface area contributed by atoms with Crippen molar-refractivity contribution in [2.45, 2.75) is 6.92 Å². The summed E-state index contributed by atoms with van der Waals surface area (Å²) in [7, 11) is 0. The molecule has 0 aliphatic carbocycles. The third-order valence-corrected chi connectivity index (χ3v) is 2.96. The van der Waals surface area contributed by atoms with E-state index in [1.165, 1.54) is 0 Å². The topological polar surface area (TPSA) is 87.5 Å². The summed E-state index contributed by atoms with van der Waals surface area (Å²) in [4.78, 5) is 24.2. The van der Waals surface area contributed by atoms with Crippen LogP contribution in [0.5, 0.6) is 0 Å². The number of carbonyl (C=O) groups excluding carboxylic acids is 2. The minimum Gasteiger partial charge on any atom is -0.272 e. The lowest BCUT2D eigenvalue weighted by Crippen LogP contribution is -2.53. The normalized spacial score (nSPS) is 10.0. The Bertz CT molecular complexity index is 643. The Labute approximate surface area is 122 Å². The highest BCUT2D eigenvalue weighted by atomic mass is 16.2. The molecule has 6 heteroatoms. The minimum absolute atomic E-state index is 0.441. The largest absolute Gasteiger partial charge is 0.344 e. The molecule has 4 N–H and O–H groups in total. The molecule has 0 aliphatic rings. The van der Waals surface area contributed by atoms with Gasteiger partial charge < -0.3 is 0 Å². The van der Waals surface area contributed by atoms with Crippen LogP contribution >= 0.6 is 0 Å². The molecule has 0 aromatic heterocycles. The van der Waals surface area contributed by atoms with Crippen molar-refractivity contribution >= 4 is 17.6 Å². The Kier molecular flexibility index (Phi) is 4.65. The van der Waals surface area contributed by atoms with E-state index in [4.69, 9.17) is 5.84 Å². The second kappa shape index (κ2) is 6.65. The molecule has 2 rings (SSSR count). The number of hydrogen-bond donors (Lipinski definition) is 3. The van der Waals surface area contributed by atoms with Crippen LogP contribution in [-0.2, 0) is 0 Å². The molecule has 0 saturated heterocycles. The average molecular weight is 284 g/mol. The van der Waals surface area contributed by atoms with Crippen molar-refractivity contribution in [3.8, 4) is 0 Å². The lowest BCUT2D eigenvalue weighted by Gasteiger charge is -2.20. The molecule has 0 fully saturated rings. The third-order valence-electron chi connectivity index (χ3n) is 2.96. The van der Waals surface area contributed by atoms with Crippen molar-refractivity contribution in [2.24, 2.45) is 5.84 Å². The van der Waals surface area contributed by atoms with Crippen molar-refractivity contribution in [2.75, 3.05) is 5.01 Å². The van der Waals surface area contributed by atoms with E-state index < -0.39 is 11.9 Å². The van der Waals surface area contributed by atoms with E-state index in [1.807, 2.05) is 12.1 Å². The number of rotatable bonds is 3. The number of imide groups is 1. The summed E-state index contributed by atoms with van der Waals surface area (Å²) in [6, 6.07) is 15.1. The Morgan fingerprint density at radius 2 is 1.62 bits per heavy atom. The van der Waals surface area contributed by atoms with Crippen molar-refractivity contribution in [1.82, 2.24) is 10.9 Å². The van der Waals surface area contributed by atoms with Crippen LogP contribution in [-0.4, -0.2) is 11.9 Å². The van der Waals surface area contributed by atoms with Gasteiger partial charge in [0.2, 0.25) is 0 Å². The zero-order chi connectivity index (χ0) is 15.2. The van der Waals surface area contributed by atoms with Crippen LogP contribution in [0.3, 0.4) is 0 Å². The highest BCUT2D eigenvalue weighted by molar-refractivity contribution is 6.09. The summed E-state index contributed by atoms with van der Waals surface area (Å²) >= 11 is 0. The molecule has 21 heavy (non-hydrogen) atoms. The molecule has 2 aromatic carbocycles. The van der Waals surface area contributed by atoms with E-state index >= 15 is 0 Å². The molecule has 0 radical (unpaired) electrons. The minimum atomic E-state index is -0.656. The number of hydrogen-bond acceptors (Lipinski definition) is 4. The maximum absolute atomic E-state index is 12.1. The first-order valence-corrected chi connectivity index (χ1v) is 6.36. The van der Waals surface area contributed by atoms with Gasteiger partial charge in [0.25, 0.3) is 5.91 Å². The summed E-state index contributed by atoms with van der Waals surface area (Å²) in [5, 5.41) is 3.34. The third kappa shape index (κ3) is 3.44. The van der Waals surface area contributed by atoms with Crippen molar-refractivity contribution in [3.63, 3.8) is 0 Å². The number of anilines is 1. The Morgan fingerprint density at radius 1 is 1.00 bits per heavy atom. The van der Waals surface area contributed by atoms with Gasteiger partial charge in [-0.15, -0.1) is 0 Å². The number of amides is 3. The number of hydrazine groups is 2. The van der Waals surface area contributed by atoms with Crippen LogP contribution in [0.2, 0.25) is 0 Å². The lowest BCUT2D eigenvalue weighted by molar-refractivity contribution is 0.0964. The number of carbonyl (C=O) groups is 2. The SMILES string of the molecule is Cc1ccccc1C(=O)NC(=O)N(NN)c1ccccc1. The van der Waals surface area contributed by atoms with Gasteiger partial charge in [-0.3, -0.25) is 16.0 Å². The molecule has 3 amide bonds. The van der Waals surface area contributed by atoms with Crippen LogP contribution in [0.1, 0.15) is 15.9 Å². The summed E-state index contributed by atoms with van der Waals surface area (Å²) < 4.78 is 0. The monoisotopic (exact) mass is 284 g/mol. The zero-order valence-electron chi connectivity index (χ0n) is 11.5. The van der Waals surface area contributed by atoms with Gasteiger partial charge in [0, 0.05) is 5.56 Å². The highest BCUT2D eigenvalue weighted by Gasteiger charge is 2.18. The number of aryl methyl sites for hydroxylation is 1. The van der Waals surface area contributed by atoms with Crippen LogP contribution < -0.4 is 21.7 Å². The van der Waals surface area contributed by atoms with Gasteiger partial charge in [0.1, 0.15) is 0 Å². The number of nitrogens with zero attached hydrogens (tertiary/aromatic N) is 1. The number of nitrogens with one attached hydrogen (secondary N) is 2. The van der Waals surface area contributed by atoms with Crippen LogP contribution in [0.4, 0.5) is 10.5 Å². The molecule has 0 atom stereocenters. The Hall–Kier alpha value is -2.70. The van der Waals surface area contributed by atoms with E-state index in [2.05, 4.69) is 10.9 Å². The highest BCUT2D eigenvalue weighted by Crippen LogP contribution is 2.11. The van der Waals surface area contributed by atoms with Gasteiger partial charge in [-0.25, -0.2) is 9.80 Å². The first kappa shape index (κ1) is 14.7. The van der Waals surface area contributed by atoms with E-state index in [0.29, 0.717) is 11.3 Å². The fraction of sp³-hybridized carbons (Fsp3) is 0.0667. The molecule has 0 unspecified atom stereocenters. The smallest absolute Gasteiger partial charge is 0.272 e. The second-order valence-corrected chi connectivity index (χ2v) is 4.37. The number of nitrogens with two attached hydrogens (primary N) is 1. The molecular weight excluding hydrogens is 268 g/mol. The van der Waals surface area contributed by atoms with Gasteiger partial charge in [-0.1, -0.05) is 36.4 Å². The average Bonchev–Trinajstić information content (AvgIpc) is 2.49. The first-order valence-electron chi connectivity index (χ1n) is 6.36. The zero-order valence-corrected chi connectivity index (χ0v) is 11.5. The predicted octanol–water partition coefficient (Wildman–Crippen LogP) is 1.73. The molecule has 0 bridgehead atoms. The van der Waals surface area contributed by atoms with Crippen molar-refractivity contribution in [1.29, 1.82) is 0 Å². The number of benzene rings is 2. The molecule has 0 spiro atoms. The van der Waals surface area contributed by atoms with Gasteiger partial charge in [-0.2, -0.15) is 5.53 Å². The molecule has 6 nitrogen and oxygen atoms in total. The maximum atomic E-state index is 12.1. The molecular formula is C15H16N4O2. The standard InChI is InChI=1S/C15H16N4O2/c1-11-7-5-6-10-13(11)14(20)17-15(21)19(18-16)12-8-3-2-4-9-12/h2-10,18H,16H2,1H3,(H,17,20,21). The quantitative estimate of drug-likeness (QED) is 0.591. The summed E-state index contributed by atoms with van der Waals surface area (Å²) in [5.41, 5.74) is 4.01. The van der Waals surface area contributed by atoms with Crippen LogP contribution in [0.15, 0.2) is 54.6 Å². The number of para-hydroxylation sites is 1. The van der Waals surface area contributed by atoms with Gasteiger partial charge in [0.05, 0.1) is 5.69 Å². The summed E-state index contributed by atoms with van der Waals surface area (Å²) in [6.07, 6.45) is 0. The Balaban J connectivity index is 2.13. The van der Waals surface area contributed by atoms with E-state index in [9.17, 15) is 9.59 Å². The fourth-order valence-corrected chi connectivity index (χ4v) is 1.88. The summed E-state index contributed by atoms with van der Waals surface area (Å²) in [5.74, 6) is 4.88. The van der Waals surface area contributed by atoms with E-state index in [0.717, 1.165) is 10.6 Å². The Morgan fingerprint density at radius 3 is 2.24 bits per heavy atom. The van der Waals surface area contributed by atoms with E-state index in [1.54, 1.807) is 49.4 Å². The maximum Gasteiger partial charge on any atom is 0.344 e. The van der Waals surface area contributed by atoms with Crippen LogP contribution in [0.25, 0.3) is 0 Å². The van der Waals surface area contributed by atoms with Crippen LogP contribution in [0, 0.1) is 6.92 Å². The predicted molar refractivity (Wildman–Crippen MR) is 80.3 cm³/mol. The first-order chi connectivity index (χ1) is 10.1. The second-order valence-electron chi connectivity index (χ2n) is 4.37. The molecule has 2 aromatic rings. The fourth-order valence-electron chi connectivity index (χ4n) is 1.88. The van der Waals surface area contributed by atoms with Gasteiger partial charge in [0.15, 0.2) is 0 Å². The van der Waals surface area contributed by atoms with E-state index in [-0.39, 0.29) is 0 Å². The molecule has 0 saturated carbocycles. The molecule has 0 aliphatic heterocycles. The molecule has 0 heterocycles.